The molecule has 116 valence electrons. The van der Waals surface area contributed by atoms with Crippen LogP contribution < -0.4 is 0 Å². The van der Waals surface area contributed by atoms with Crippen LogP contribution in [0.15, 0.2) is 54.2 Å². The third-order valence-electron chi connectivity index (χ3n) is 3.99. The van der Waals surface area contributed by atoms with Crippen LogP contribution in [0.1, 0.15) is 11.3 Å². The Hall–Kier alpha value is -2.97. The summed E-state index contributed by atoms with van der Waals surface area (Å²) >= 11 is 1.58. The number of nitriles is 1. The summed E-state index contributed by atoms with van der Waals surface area (Å²) in [5.41, 5.74) is 6.11. The number of rotatable bonds is 3. The van der Waals surface area contributed by atoms with E-state index in [2.05, 4.69) is 52.0 Å². The van der Waals surface area contributed by atoms with Gasteiger partial charge in [-0.15, -0.1) is 11.3 Å². The van der Waals surface area contributed by atoms with Crippen LogP contribution in [0, 0.1) is 18.3 Å². The van der Waals surface area contributed by atoms with Gasteiger partial charge in [0.15, 0.2) is 4.96 Å². The Morgan fingerprint density at radius 2 is 2.00 bits per heavy atom. The molecular weight excluding hydrogens is 316 g/mol. The number of imidazole rings is 1. The molecule has 0 aliphatic rings. The first kappa shape index (κ1) is 14.6. The summed E-state index contributed by atoms with van der Waals surface area (Å²) in [4.78, 5) is 9.89. The van der Waals surface area contributed by atoms with Crippen molar-refractivity contribution >= 4 is 16.3 Å². The van der Waals surface area contributed by atoms with Gasteiger partial charge in [0.1, 0.15) is 0 Å². The lowest BCUT2D eigenvalue weighted by atomic mass is 10.1. The molecule has 0 spiro atoms. The van der Waals surface area contributed by atoms with Gasteiger partial charge in [0, 0.05) is 28.9 Å². The summed E-state index contributed by atoms with van der Waals surface area (Å²) in [6, 6.07) is 14.5. The van der Waals surface area contributed by atoms with Gasteiger partial charge in [-0.25, -0.2) is 4.98 Å². The predicted molar refractivity (Wildman–Crippen MR) is 95.8 cm³/mol. The fraction of sp³-hybridized carbons (Fsp3) is 0.105. The zero-order chi connectivity index (χ0) is 16.5. The monoisotopic (exact) mass is 330 g/mol. The standard InChI is InChI=1S/C19H14N4S/c1-13-4-6-14(7-5-13)18-16(8-9-20)23-17(12-24-19(23)22-18)15-3-2-10-21-11-15/h2-7,10-12H,8H2,1H3. The zero-order valence-corrected chi connectivity index (χ0v) is 13.9. The molecular formula is C19H14N4S. The minimum atomic E-state index is 0.314. The molecule has 3 heterocycles. The van der Waals surface area contributed by atoms with E-state index in [0.717, 1.165) is 33.2 Å². The molecule has 0 amide bonds. The van der Waals surface area contributed by atoms with Gasteiger partial charge in [0.25, 0.3) is 0 Å². The number of hydrogen-bond acceptors (Lipinski definition) is 4. The highest BCUT2D eigenvalue weighted by atomic mass is 32.1. The second kappa shape index (κ2) is 5.91. The first-order valence-electron chi connectivity index (χ1n) is 7.61. The normalized spacial score (nSPS) is 10.8. The van der Waals surface area contributed by atoms with Crippen molar-refractivity contribution in [3.05, 3.63) is 65.4 Å². The molecule has 4 aromatic rings. The highest BCUT2D eigenvalue weighted by molar-refractivity contribution is 7.15. The van der Waals surface area contributed by atoms with E-state index in [1.807, 2.05) is 18.3 Å². The fourth-order valence-corrected chi connectivity index (χ4v) is 3.73. The van der Waals surface area contributed by atoms with Gasteiger partial charge in [0.05, 0.1) is 29.6 Å². The number of aryl methyl sites for hydroxylation is 1. The summed E-state index contributed by atoms with van der Waals surface area (Å²) in [7, 11) is 0. The molecule has 0 radical (unpaired) electrons. The Morgan fingerprint density at radius 1 is 1.17 bits per heavy atom. The van der Waals surface area contributed by atoms with Crippen LogP contribution in [0.5, 0.6) is 0 Å². The van der Waals surface area contributed by atoms with Crippen LogP contribution in [0.2, 0.25) is 0 Å². The lowest BCUT2D eigenvalue weighted by Gasteiger charge is -2.05. The Balaban J connectivity index is 1.97. The van der Waals surface area contributed by atoms with E-state index >= 15 is 0 Å². The summed E-state index contributed by atoms with van der Waals surface area (Å²) in [6.07, 6.45) is 3.91. The van der Waals surface area contributed by atoms with E-state index in [-0.39, 0.29) is 0 Å². The van der Waals surface area contributed by atoms with Gasteiger partial charge >= 0.3 is 0 Å². The maximum atomic E-state index is 9.31. The second-order valence-electron chi connectivity index (χ2n) is 5.59. The van der Waals surface area contributed by atoms with Crippen molar-refractivity contribution < 1.29 is 0 Å². The highest BCUT2D eigenvalue weighted by Gasteiger charge is 2.18. The Kier molecular flexibility index (Phi) is 3.60. The quantitative estimate of drug-likeness (QED) is 0.556. The van der Waals surface area contributed by atoms with Crippen molar-refractivity contribution in [3.8, 4) is 28.6 Å². The van der Waals surface area contributed by atoms with Crippen molar-refractivity contribution in [1.29, 1.82) is 5.26 Å². The van der Waals surface area contributed by atoms with Gasteiger partial charge in [0.2, 0.25) is 0 Å². The number of nitrogens with zero attached hydrogens (tertiary/aromatic N) is 4. The van der Waals surface area contributed by atoms with E-state index in [0.29, 0.717) is 6.42 Å². The molecule has 0 atom stereocenters. The molecule has 0 saturated carbocycles. The molecule has 0 aliphatic heterocycles. The molecule has 0 fully saturated rings. The van der Waals surface area contributed by atoms with E-state index in [1.54, 1.807) is 17.5 Å². The Bertz CT molecular complexity index is 1040. The third-order valence-corrected chi connectivity index (χ3v) is 4.81. The van der Waals surface area contributed by atoms with Crippen LogP contribution in [0.3, 0.4) is 0 Å². The van der Waals surface area contributed by atoms with Gasteiger partial charge in [-0.05, 0) is 19.1 Å². The molecule has 4 rings (SSSR count). The SMILES string of the molecule is Cc1ccc(-c2nc3scc(-c4cccnc4)n3c2CC#N)cc1. The van der Waals surface area contributed by atoms with Gasteiger partial charge in [-0.1, -0.05) is 29.8 Å². The number of thiazole rings is 1. The third kappa shape index (κ3) is 2.38. The first-order chi connectivity index (χ1) is 11.8. The second-order valence-corrected chi connectivity index (χ2v) is 6.43. The maximum Gasteiger partial charge on any atom is 0.194 e. The van der Waals surface area contributed by atoms with E-state index in [9.17, 15) is 5.26 Å². The minimum Gasteiger partial charge on any atom is -0.285 e. The Labute approximate surface area is 143 Å². The fourth-order valence-electron chi connectivity index (χ4n) is 2.81. The summed E-state index contributed by atoms with van der Waals surface area (Å²) in [5, 5.41) is 11.4. The predicted octanol–water partition coefficient (Wildman–Crippen LogP) is 4.50. The van der Waals surface area contributed by atoms with Crippen molar-refractivity contribution in [2.24, 2.45) is 0 Å². The largest absolute Gasteiger partial charge is 0.285 e. The lowest BCUT2D eigenvalue weighted by Crippen LogP contribution is -1.95. The smallest absolute Gasteiger partial charge is 0.194 e. The first-order valence-corrected chi connectivity index (χ1v) is 8.49. The molecule has 0 bridgehead atoms. The van der Waals surface area contributed by atoms with Crippen molar-refractivity contribution in [2.45, 2.75) is 13.3 Å². The average Bonchev–Trinajstić information content (AvgIpc) is 3.17. The van der Waals surface area contributed by atoms with Crippen LogP contribution in [0.25, 0.3) is 27.5 Å². The highest BCUT2D eigenvalue weighted by Crippen LogP contribution is 2.33. The van der Waals surface area contributed by atoms with E-state index in [1.165, 1.54) is 5.56 Å². The number of pyridine rings is 1. The van der Waals surface area contributed by atoms with Gasteiger partial charge in [-0.2, -0.15) is 5.26 Å². The average molecular weight is 330 g/mol. The van der Waals surface area contributed by atoms with Crippen LogP contribution in [0.4, 0.5) is 0 Å². The van der Waals surface area contributed by atoms with Crippen molar-refractivity contribution in [3.63, 3.8) is 0 Å². The maximum absolute atomic E-state index is 9.31. The molecule has 1 aromatic carbocycles. The number of hydrogen-bond donors (Lipinski definition) is 0. The molecule has 5 heteroatoms. The van der Waals surface area contributed by atoms with E-state index in [4.69, 9.17) is 4.98 Å². The molecule has 0 N–H and O–H groups in total. The van der Waals surface area contributed by atoms with Crippen molar-refractivity contribution in [1.82, 2.24) is 14.4 Å². The molecule has 3 aromatic heterocycles. The molecule has 24 heavy (non-hydrogen) atoms. The van der Waals surface area contributed by atoms with Gasteiger partial charge in [-0.3, -0.25) is 9.38 Å². The summed E-state index contributed by atoms with van der Waals surface area (Å²) < 4.78 is 2.08. The minimum absolute atomic E-state index is 0.314. The molecule has 4 nitrogen and oxygen atoms in total. The van der Waals surface area contributed by atoms with Crippen LogP contribution in [-0.4, -0.2) is 14.4 Å². The van der Waals surface area contributed by atoms with Crippen LogP contribution >= 0.6 is 11.3 Å². The number of aromatic nitrogens is 3. The summed E-state index contributed by atoms with van der Waals surface area (Å²) in [5.74, 6) is 0. The number of benzene rings is 1. The topological polar surface area (TPSA) is 54.0 Å². The van der Waals surface area contributed by atoms with Gasteiger partial charge < -0.3 is 0 Å². The molecule has 0 saturated heterocycles. The lowest BCUT2D eigenvalue weighted by molar-refractivity contribution is 1.08. The van der Waals surface area contributed by atoms with Crippen molar-refractivity contribution in [2.75, 3.05) is 0 Å². The summed E-state index contributed by atoms with van der Waals surface area (Å²) in [6.45, 7) is 2.06. The van der Waals surface area contributed by atoms with Crippen LogP contribution in [-0.2, 0) is 6.42 Å². The molecule has 0 unspecified atom stereocenters. The van der Waals surface area contributed by atoms with E-state index < -0.39 is 0 Å². The number of fused-ring (bicyclic) bond motifs is 1. The molecule has 0 aliphatic carbocycles. The zero-order valence-electron chi connectivity index (χ0n) is 13.1. The Morgan fingerprint density at radius 3 is 2.71 bits per heavy atom.